The van der Waals surface area contributed by atoms with Crippen molar-refractivity contribution in [3.63, 3.8) is 0 Å². The number of thiophene rings is 1. The zero-order valence-electron chi connectivity index (χ0n) is 14.6. The molecule has 27 heavy (non-hydrogen) atoms. The van der Waals surface area contributed by atoms with Crippen molar-refractivity contribution in [2.24, 2.45) is 0 Å². The van der Waals surface area contributed by atoms with Crippen LogP contribution in [0.25, 0.3) is 0 Å². The average Bonchev–Trinajstić information content (AvgIpc) is 3.19. The third kappa shape index (κ3) is 4.43. The number of nitrogens with zero attached hydrogens (tertiary/aromatic N) is 1. The van der Waals surface area contributed by atoms with E-state index >= 15 is 0 Å². The number of hydrogen-bond donors (Lipinski definition) is 1. The maximum atomic E-state index is 12.9. The molecule has 0 spiro atoms. The van der Waals surface area contributed by atoms with Crippen LogP contribution in [0.3, 0.4) is 0 Å². The van der Waals surface area contributed by atoms with Crippen molar-refractivity contribution in [1.29, 1.82) is 0 Å². The molecule has 0 saturated carbocycles. The molecule has 11 heteroatoms. The fourth-order valence-electron chi connectivity index (χ4n) is 2.58. The molecule has 2 heterocycles. The fourth-order valence-corrected chi connectivity index (χ4v) is 6.07. The molecule has 0 atom stereocenters. The Hall–Kier alpha value is -1.66. The van der Waals surface area contributed by atoms with E-state index in [0.717, 1.165) is 11.3 Å². The fraction of sp³-hybridized carbons (Fsp3) is 0.375. The standard InChI is InChI=1S/C16H20N2O6S3/c1-2-24-15-6-5-13(27(21,22)18-7-9-23-10-8-18)12-14(15)17-26(19,20)16-4-3-11-25-16/h3-6,11-12,17H,2,7-10H2,1H3. The second-order valence-corrected chi connectivity index (χ2v) is 10.4. The van der Waals surface area contributed by atoms with E-state index in [-0.39, 0.29) is 33.6 Å². The molecule has 1 N–H and O–H groups in total. The molecule has 3 rings (SSSR count). The van der Waals surface area contributed by atoms with Crippen LogP contribution in [0.2, 0.25) is 0 Å². The van der Waals surface area contributed by atoms with Crippen LogP contribution in [0.4, 0.5) is 5.69 Å². The summed E-state index contributed by atoms with van der Waals surface area (Å²) in [7, 11) is -7.60. The highest BCUT2D eigenvalue weighted by atomic mass is 32.2. The molecule has 1 aromatic heterocycles. The predicted molar refractivity (Wildman–Crippen MR) is 102 cm³/mol. The van der Waals surface area contributed by atoms with Gasteiger partial charge in [0.05, 0.1) is 30.4 Å². The molecule has 1 aromatic carbocycles. The van der Waals surface area contributed by atoms with Gasteiger partial charge >= 0.3 is 0 Å². The molecule has 1 saturated heterocycles. The normalized spacial score (nSPS) is 16.2. The molecule has 1 aliphatic heterocycles. The molecule has 0 aliphatic carbocycles. The summed E-state index contributed by atoms with van der Waals surface area (Å²) in [6, 6.07) is 7.27. The number of rotatable bonds is 7. The molecule has 1 aliphatic rings. The lowest BCUT2D eigenvalue weighted by atomic mass is 10.3. The van der Waals surface area contributed by atoms with Gasteiger partial charge in [-0.2, -0.15) is 4.31 Å². The number of morpholine rings is 1. The van der Waals surface area contributed by atoms with Crippen molar-refractivity contribution in [3.05, 3.63) is 35.7 Å². The first-order valence-corrected chi connectivity index (χ1v) is 12.1. The Bertz CT molecular complexity index is 981. The number of nitrogens with one attached hydrogen (secondary N) is 1. The quantitative estimate of drug-likeness (QED) is 0.718. The summed E-state index contributed by atoms with van der Waals surface area (Å²) in [6.45, 7) is 3.24. The molecule has 1 fully saturated rings. The lowest BCUT2D eigenvalue weighted by molar-refractivity contribution is 0.0730. The predicted octanol–water partition coefficient (Wildman–Crippen LogP) is 1.97. The summed E-state index contributed by atoms with van der Waals surface area (Å²) in [5, 5.41) is 1.65. The zero-order chi connectivity index (χ0) is 19.5. The summed E-state index contributed by atoms with van der Waals surface area (Å²) in [6.07, 6.45) is 0. The van der Waals surface area contributed by atoms with Crippen LogP contribution >= 0.6 is 11.3 Å². The summed E-state index contributed by atoms with van der Waals surface area (Å²) >= 11 is 1.07. The largest absolute Gasteiger partial charge is 0.492 e. The molecule has 8 nitrogen and oxygen atoms in total. The van der Waals surface area contributed by atoms with Crippen LogP contribution in [0, 0.1) is 0 Å². The van der Waals surface area contributed by atoms with Gasteiger partial charge < -0.3 is 9.47 Å². The number of sulfonamides is 2. The van der Waals surface area contributed by atoms with Gasteiger partial charge in [0.1, 0.15) is 9.96 Å². The first-order chi connectivity index (χ1) is 12.8. The van der Waals surface area contributed by atoms with Gasteiger partial charge in [-0.1, -0.05) is 6.07 Å². The van der Waals surface area contributed by atoms with E-state index < -0.39 is 20.0 Å². The maximum absolute atomic E-state index is 12.9. The number of ether oxygens (including phenoxy) is 2. The SMILES string of the molecule is CCOc1ccc(S(=O)(=O)N2CCOCC2)cc1NS(=O)(=O)c1cccs1. The van der Waals surface area contributed by atoms with E-state index in [1.54, 1.807) is 18.4 Å². The Morgan fingerprint density at radius 3 is 2.56 bits per heavy atom. The van der Waals surface area contributed by atoms with Crippen molar-refractivity contribution < 1.29 is 26.3 Å². The second-order valence-electron chi connectivity index (χ2n) is 5.65. The topological polar surface area (TPSA) is 102 Å². The first kappa shape index (κ1) is 20.1. The van der Waals surface area contributed by atoms with Crippen LogP contribution in [-0.2, 0) is 24.8 Å². The van der Waals surface area contributed by atoms with Crippen molar-refractivity contribution in [2.75, 3.05) is 37.6 Å². The molecule has 0 bridgehead atoms. The Morgan fingerprint density at radius 2 is 1.93 bits per heavy atom. The number of benzene rings is 1. The van der Waals surface area contributed by atoms with Crippen LogP contribution in [0.5, 0.6) is 5.75 Å². The van der Waals surface area contributed by atoms with Crippen molar-refractivity contribution in [3.8, 4) is 5.75 Å². The molecule has 0 amide bonds. The third-order valence-corrected chi connectivity index (χ3v) is 8.52. The van der Waals surface area contributed by atoms with E-state index in [1.807, 2.05) is 0 Å². The Balaban J connectivity index is 1.98. The second kappa shape index (κ2) is 8.15. The number of anilines is 1. The van der Waals surface area contributed by atoms with Crippen LogP contribution in [-0.4, -0.2) is 54.1 Å². The van der Waals surface area contributed by atoms with E-state index in [0.29, 0.717) is 19.8 Å². The minimum Gasteiger partial charge on any atom is -0.492 e. The number of hydrogen-bond acceptors (Lipinski definition) is 7. The summed E-state index contributed by atoms with van der Waals surface area (Å²) in [5.41, 5.74) is 0.0829. The smallest absolute Gasteiger partial charge is 0.271 e. The third-order valence-electron chi connectivity index (χ3n) is 3.86. The van der Waals surface area contributed by atoms with Gasteiger partial charge in [-0.25, -0.2) is 16.8 Å². The molecular formula is C16H20N2O6S3. The Kier molecular flexibility index (Phi) is 6.06. The van der Waals surface area contributed by atoms with Crippen LogP contribution in [0.15, 0.2) is 44.8 Å². The highest BCUT2D eigenvalue weighted by Gasteiger charge is 2.28. The summed E-state index contributed by atoms with van der Waals surface area (Å²) in [5.74, 6) is 0.263. The van der Waals surface area contributed by atoms with Gasteiger partial charge in [0.2, 0.25) is 10.0 Å². The maximum Gasteiger partial charge on any atom is 0.271 e. The molecule has 0 unspecified atom stereocenters. The summed E-state index contributed by atoms with van der Waals surface area (Å²) < 4.78 is 65.4. The molecular weight excluding hydrogens is 412 g/mol. The minimum atomic E-state index is -3.84. The van der Waals surface area contributed by atoms with Crippen molar-refractivity contribution in [1.82, 2.24) is 4.31 Å². The van der Waals surface area contributed by atoms with Gasteiger partial charge in [-0.15, -0.1) is 11.3 Å². The van der Waals surface area contributed by atoms with Gasteiger partial charge in [0, 0.05) is 13.1 Å². The van der Waals surface area contributed by atoms with Crippen molar-refractivity contribution >= 4 is 37.1 Å². The minimum absolute atomic E-state index is 0.00303. The first-order valence-electron chi connectivity index (χ1n) is 8.25. The van der Waals surface area contributed by atoms with Crippen LogP contribution < -0.4 is 9.46 Å². The Labute approximate surface area is 162 Å². The van der Waals surface area contributed by atoms with Gasteiger partial charge in [-0.3, -0.25) is 4.72 Å². The van der Waals surface area contributed by atoms with E-state index in [2.05, 4.69) is 4.72 Å². The van der Waals surface area contributed by atoms with Crippen molar-refractivity contribution in [2.45, 2.75) is 16.0 Å². The van der Waals surface area contributed by atoms with Crippen LogP contribution in [0.1, 0.15) is 6.92 Å². The average molecular weight is 433 g/mol. The lowest BCUT2D eigenvalue weighted by Crippen LogP contribution is -2.40. The molecule has 0 radical (unpaired) electrons. The van der Waals surface area contributed by atoms with E-state index in [1.165, 1.54) is 28.6 Å². The monoisotopic (exact) mass is 432 g/mol. The lowest BCUT2D eigenvalue weighted by Gasteiger charge is -2.26. The van der Waals surface area contributed by atoms with E-state index in [4.69, 9.17) is 9.47 Å². The summed E-state index contributed by atoms with van der Waals surface area (Å²) in [4.78, 5) is -0.00303. The zero-order valence-corrected chi connectivity index (χ0v) is 17.1. The highest BCUT2D eigenvalue weighted by molar-refractivity contribution is 7.94. The molecule has 148 valence electrons. The van der Waals surface area contributed by atoms with Gasteiger partial charge in [0.25, 0.3) is 10.0 Å². The highest BCUT2D eigenvalue weighted by Crippen LogP contribution is 2.32. The van der Waals surface area contributed by atoms with E-state index in [9.17, 15) is 16.8 Å². The molecule has 2 aromatic rings. The Morgan fingerprint density at radius 1 is 1.19 bits per heavy atom. The van der Waals surface area contributed by atoms with Gasteiger partial charge in [-0.05, 0) is 36.6 Å². The van der Waals surface area contributed by atoms with Gasteiger partial charge in [0.15, 0.2) is 0 Å².